The number of aromatic hydroxyl groups is 1. The van der Waals surface area contributed by atoms with Gasteiger partial charge in [-0.25, -0.2) is 0 Å². The zero-order valence-electron chi connectivity index (χ0n) is 10.5. The zero-order valence-corrected chi connectivity index (χ0v) is 10.5. The van der Waals surface area contributed by atoms with Crippen molar-refractivity contribution in [2.45, 2.75) is 26.1 Å². The molecule has 0 aliphatic carbocycles. The van der Waals surface area contributed by atoms with E-state index in [0.29, 0.717) is 6.07 Å². The van der Waals surface area contributed by atoms with Gasteiger partial charge in [0.2, 0.25) is 5.91 Å². The van der Waals surface area contributed by atoms with Gasteiger partial charge in [-0.2, -0.15) is 13.2 Å². The van der Waals surface area contributed by atoms with Crippen LogP contribution in [0.1, 0.15) is 19.4 Å². The summed E-state index contributed by atoms with van der Waals surface area (Å²) in [5, 5.41) is 11.7. The van der Waals surface area contributed by atoms with Crippen molar-refractivity contribution < 1.29 is 23.1 Å². The van der Waals surface area contributed by atoms with Crippen LogP contribution in [0.2, 0.25) is 0 Å². The summed E-state index contributed by atoms with van der Waals surface area (Å²) < 4.78 is 37.5. The Bertz CT molecular complexity index is 473. The first-order chi connectivity index (χ1) is 8.62. The standard InChI is InChI=1S/C12H15F3N2O2/c1-6(7(2)16)11(19)17-9-5-8(12(13,14)15)3-4-10(9)18/h3-7,18H,16H2,1-2H3,(H,17,19). The quantitative estimate of drug-likeness (QED) is 0.742. The number of benzene rings is 1. The number of carbonyl (C=O) groups excluding carboxylic acids is 1. The highest BCUT2D eigenvalue weighted by molar-refractivity contribution is 5.94. The number of anilines is 1. The minimum Gasteiger partial charge on any atom is -0.506 e. The summed E-state index contributed by atoms with van der Waals surface area (Å²) in [6.07, 6.45) is -4.54. The van der Waals surface area contributed by atoms with E-state index in [-0.39, 0.29) is 5.69 Å². The van der Waals surface area contributed by atoms with Gasteiger partial charge in [0.15, 0.2) is 0 Å². The normalized spacial score (nSPS) is 14.8. The predicted octanol–water partition coefficient (Wildman–Crippen LogP) is 2.33. The van der Waals surface area contributed by atoms with Crippen molar-refractivity contribution in [1.29, 1.82) is 0 Å². The predicted molar refractivity (Wildman–Crippen MR) is 64.6 cm³/mol. The van der Waals surface area contributed by atoms with Crippen molar-refractivity contribution in [3.8, 4) is 5.75 Å². The van der Waals surface area contributed by atoms with Crippen LogP contribution in [0.25, 0.3) is 0 Å². The number of halogens is 3. The van der Waals surface area contributed by atoms with Gasteiger partial charge in [-0.1, -0.05) is 6.92 Å². The van der Waals surface area contributed by atoms with Crippen molar-refractivity contribution >= 4 is 11.6 Å². The Morgan fingerprint density at radius 3 is 2.42 bits per heavy atom. The molecule has 1 aromatic rings. The van der Waals surface area contributed by atoms with Crippen LogP contribution in [-0.2, 0) is 11.0 Å². The van der Waals surface area contributed by atoms with Gasteiger partial charge in [-0.3, -0.25) is 4.79 Å². The van der Waals surface area contributed by atoms with Gasteiger partial charge in [-0.05, 0) is 25.1 Å². The molecule has 1 aromatic carbocycles. The first kappa shape index (κ1) is 15.3. The molecule has 4 N–H and O–H groups in total. The van der Waals surface area contributed by atoms with Crippen LogP contribution in [0, 0.1) is 5.92 Å². The van der Waals surface area contributed by atoms with Gasteiger partial charge < -0.3 is 16.2 Å². The van der Waals surface area contributed by atoms with Crippen LogP contribution < -0.4 is 11.1 Å². The maximum Gasteiger partial charge on any atom is 0.416 e. The van der Waals surface area contributed by atoms with Crippen LogP contribution in [-0.4, -0.2) is 17.1 Å². The summed E-state index contributed by atoms with van der Waals surface area (Å²) in [5.74, 6) is -1.57. The summed E-state index contributed by atoms with van der Waals surface area (Å²) in [6, 6.07) is 1.85. The molecule has 0 saturated carbocycles. The lowest BCUT2D eigenvalue weighted by Crippen LogP contribution is -2.34. The first-order valence-corrected chi connectivity index (χ1v) is 5.59. The Balaban J connectivity index is 2.98. The first-order valence-electron chi connectivity index (χ1n) is 5.59. The van der Waals surface area contributed by atoms with E-state index in [0.717, 1.165) is 12.1 Å². The van der Waals surface area contributed by atoms with Crippen LogP contribution in [0.15, 0.2) is 18.2 Å². The molecule has 0 aliphatic rings. The minimum atomic E-state index is -4.54. The van der Waals surface area contributed by atoms with Crippen LogP contribution in [0.4, 0.5) is 18.9 Å². The third-order valence-corrected chi connectivity index (χ3v) is 2.78. The lowest BCUT2D eigenvalue weighted by molar-refractivity contribution is -0.137. The van der Waals surface area contributed by atoms with Gasteiger partial charge in [0, 0.05) is 6.04 Å². The number of amides is 1. The smallest absolute Gasteiger partial charge is 0.416 e. The number of phenolic OH excluding ortho intramolecular Hbond substituents is 1. The fourth-order valence-corrected chi connectivity index (χ4v) is 1.30. The van der Waals surface area contributed by atoms with Crippen molar-refractivity contribution in [1.82, 2.24) is 0 Å². The third kappa shape index (κ3) is 3.85. The lowest BCUT2D eigenvalue weighted by Gasteiger charge is -2.17. The van der Waals surface area contributed by atoms with E-state index in [9.17, 15) is 23.1 Å². The molecule has 7 heteroatoms. The van der Waals surface area contributed by atoms with Crippen molar-refractivity contribution in [2.75, 3.05) is 5.32 Å². The molecule has 2 unspecified atom stereocenters. The largest absolute Gasteiger partial charge is 0.506 e. The molecule has 0 aromatic heterocycles. The number of alkyl halides is 3. The van der Waals surface area contributed by atoms with E-state index < -0.39 is 35.4 Å². The Hall–Kier alpha value is -1.76. The van der Waals surface area contributed by atoms with Gasteiger partial charge >= 0.3 is 6.18 Å². The number of nitrogens with one attached hydrogen (secondary N) is 1. The monoisotopic (exact) mass is 276 g/mol. The summed E-state index contributed by atoms with van der Waals surface area (Å²) in [5.41, 5.74) is 4.29. The third-order valence-electron chi connectivity index (χ3n) is 2.78. The number of nitrogens with two attached hydrogens (primary N) is 1. The number of hydrogen-bond donors (Lipinski definition) is 3. The zero-order chi connectivity index (χ0) is 14.8. The molecule has 0 heterocycles. The molecule has 1 rings (SSSR count). The molecule has 0 aliphatic heterocycles. The molecule has 0 saturated heterocycles. The number of carbonyl (C=O) groups is 1. The summed E-state index contributed by atoms with van der Waals surface area (Å²) in [4.78, 5) is 11.7. The highest BCUT2D eigenvalue weighted by Gasteiger charge is 2.31. The van der Waals surface area contributed by atoms with Crippen LogP contribution in [0.3, 0.4) is 0 Å². The highest BCUT2D eigenvalue weighted by atomic mass is 19.4. The highest BCUT2D eigenvalue weighted by Crippen LogP contribution is 2.34. The molecule has 1 amide bonds. The van der Waals surface area contributed by atoms with E-state index in [4.69, 9.17) is 5.73 Å². The van der Waals surface area contributed by atoms with Gasteiger partial charge in [0.1, 0.15) is 5.75 Å². The average Bonchev–Trinajstić information content (AvgIpc) is 2.29. The van der Waals surface area contributed by atoms with Gasteiger partial charge in [0.05, 0.1) is 17.2 Å². The second-order valence-electron chi connectivity index (χ2n) is 4.37. The maximum atomic E-state index is 12.5. The van der Waals surface area contributed by atoms with Crippen LogP contribution in [0.5, 0.6) is 5.75 Å². The van der Waals surface area contributed by atoms with E-state index in [1.165, 1.54) is 0 Å². The average molecular weight is 276 g/mol. The topological polar surface area (TPSA) is 75.4 Å². The minimum absolute atomic E-state index is 0.285. The Morgan fingerprint density at radius 1 is 1.37 bits per heavy atom. The van der Waals surface area contributed by atoms with E-state index in [2.05, 4.69) is 5.32 Å². The molecule has 0 bridgehead atoms. The fourth-order valence-electron chi connectivity index (χ4n) is 1.30. The summed E-state index contributed by atoms with van der Waals surface area (Å²) >= 11 is 0. The second kappa shape index (κ2) is 5.48. The molecule has 106 valence electrons. The van der Waals surface area contributed by atoms with E-state index in [1.807, 2.05) is 0 Å². The van der Waals surface area contributed by atoms with Crippen molar-refractivity contribution in [3.63, 3.8) is 0 Å². The number of phenols is 1. The molecule has 0 radical (unpaired) electrons. The van der Waals surface area contributed by atoms with Gasteiger partial charge in [0.25, 0.3) is 0 Å². The molecule has 2 atom stereocenters. The molecular weight excluding hydrogens is 261 g/mol. The summed E-state index contributed by atoms with van der Waals surface area (Å²) in [7, 11) is 0. The molecule has 4 nitrogen and oxygen atoms in total. The van der Waals surface area contributed by atoms with Crippen LogP contribution >= 0.6 is 0 Å². The van der Waals surface area contributed by atoms with Crippen molar-refractivity contribution in [2.24, 2.45) is 11.7 Å². The lowest BCUT2D eigenvalue weighted by atomic mass is 10.0. The van der Waals surface area contributed by atoms with Crippen molar-refractivity contribution in [3.05, 3.63) is 23.8 Å². The Kier molecular flexibility index (Phi) is 4.41. The fraction of sp³-hybridized carbons (Fsp3) is 0.417. The molecule has 0 fully saturated rings. The van der Waals surface area contributed by atoms with E-state index >= 15 is 0 Å². The Morgan fingerprint density at radius 2 is 1.95 bits per heavy atom. The second-order valence-corrected chi connectivity index (χ2v) is 4.37. The molecule has 0 spiro atoms. The maximum absolute atomic E-state index is 12.5. The Labute approximate surface area is 108 Å². The number of rotatable bonds is 3. The number of hydrogen-bond acceptors (Lipinski definition) is 3. The van der Waals surface area contributed by atoms with E-state index in [1.54, 1.807) is 13.8 Å². The SMILES string of the molecule is CC(N)C(C)C(=O)Nc1cc(C(F)(F)F)ccc1O. The van der Waals surface area contributed by atoms with Gasteiger partial charge in [-0.15, -0.1) is 0 Å². The summed E-state index contributed by atoms with van der Waals surface area (Å²) in [6.45, 7) is 3.15. The molecular formula is C12H15F3N2O2. The molecule has 19 heavy (non-hydrogen) atoms.